The number of rotatable bonds is 7. The maximum atomic E-state index is 6.13. The van der Waals surface area contributed by atoms with Gasteiger partial charge in [-0.1, -0.05) is 17.3 Å². The van der Waals surface area contributed by atoms with E-state index in [4.69, 9.17) is 14.3 Å². The third-order valence-corrected chi connectivity index (χ3v) is 4.24. The van der Waals surface area contributed by atoms with E-state index in [2.05, 4.69) is 68.6 Å². The molecule has 0 bridgehead atoms. The fourth-order valence-corrected chi connectivity index (χ4v) is 2.89. The molecule has 0 fully saturated rings. The number of ether oxygens (including phenoxy) is 1. The Morgan fingerprint density at radius 1 is 1.17 bits per heavy atom. The third kappa shape index (κ3) is 8.24. The number of aryl methyl sites for hydroxylation is 3. The summed E-state index contributed by atoms with van der Waals surface area (Å²) in [7, 11) is 0. The van der Waals surface area contributed by atoms with Crippen LogP contribution in [0.5, 0.6) is 5.75 Å². The van der Waals surface area contributed by atoms with E-state index in [1.807, 2.05) is 13.8 Å². The molecule has 2 aromatic rings. The van der Waals surface area contributed by atoms with Gasteiger partial charge in [0.05, 0.1) is 12.2 Å². The molecule has 6 nitrogen and oxygen atoms in total. The molecule has 7 heteroatoms. The van der Waals surface area contributed by atoms with Crippen LogP contribution in [0.1, 0.15) is 55.8 Å². The minimum Gasteiger partial charge on any atom is -0.488 e. The second-order valence-electron chi connectivity index (χ2n) is 8.00. The van der Waals surface area contributed by atoms with E-state index >= 15 is 0 Å². The van der Waals surface area contributed by atoms with Gasteiger partial charge in [-0.3, -0.25) is 0 Å². The fourth-order valence-electron chi connectivity index (χ4n) is 2.89. The topological polar surface area (TPSA) is 71.7 Å². The zero-order valence-corrected chi connectivity index (χ0v) is 21.0. The molecular weight excluding hydrogens is 479 g/mol. The standard InChI is InChI=1S/C22H34N4O2.HI/c1-8-23-21(24-12-11-19-16(3)26-28-17(19)4)25-14-18-10-9-15(2)13-20(18)27-22(5,6)7;/h9-10,13H,8,11-12,14H2,1-7H3,(H2,23,24,25);1H. The molecule has 0 aliphatic heterocycles. The number of aliphatic imine (C=N–C) groups is 1. The van der Waals surface area contributed by atoms with Gasteiger partial charge in [0.25, 0.3) is 0 Å². The number of halogens is 1. The van der Waals surface area contributed by atoms with Crippen LogP contribution in [-0.4, -0.2) is 29.8 Å². The number of aromatic nitrogens is 1. The van der Waals surface area contributed by atoms with Gasteiger partial charge in [-0.2, -0.15) is 0 Å². The zero-order chi connectivity index (χ0) is 20.7. The van der Waals surface area contributed by atoms with Gasteiger partial charge < -0.3 is 19.9 Å². The Morgan fingerprint density at radius 2 is 1.90 bits per heavy atom. The van der Waals surface area contributed by atoms with E-state index in [-0.39, 0.29) is 29.6 Å². The van der Waals surface area contributed by atoms with Gasteiger partial charge in [-0.25, -0.2) is 4.99 Å². The molecule has 0 unspecified atom stereocenters. The Labute approximate surface area is 191 Å². The minimum atomic E-state index is -0.247. The number of hydrogen-bond acceptors (Lipinski definition) is 4. The second-order valence-corrected chi connectivity index (χ2v) is 8.00. The van der Waals surface area contributed by atoms with E-state index in [1.165, 1.54) is 5.56 Å². The second kappa shape index (κ2) is 11.4. The van der Waals surface area contributed by atoms with Crippen LogP contribution in [0.4, 0.5) is 0 Å². The fraction of sp³-hybridized carbons (Fsp3) is 0.545. The molecule has 2 rings (SSSR count). The van der Waals surface area contributed by atoms with Gasteiger partial charge in [-0.15, -0.1) is 24.0 Å². The number of hydrogen-bond donors (Lipinski definition) is 2. The summed E-state index contributed by atoms with van der Waals surface area (Å²) in [5.74, 6) is 2.56. The van der Waals surface area contributed by atoms with E-state index in [0.29, 0.717) is 6.54 Å². The average molecular weight is 514 g/mol. The van der Waals surface area contributed by atoms with Crippen molar-refractivity contribution in [2.75, 3.05) is 13.1 Å². The van der Waals surface area contributed by atoms with Crippen molar-refractivity contribution in [2.45, 2.75) is 67.0 Å². The summed E-state index contributed by atoms with van der Waals surface area (Å²) < 4.78 is 11.4. The van der Waals surface area contributed by atoms with Crippen LogP contribution in [0.15, 0.2) is 27.7 Å². The Kier molecular flexibility index (Phi) is 9.95. The van der Waals surface area contributed by atoms with Gasteiger partial charge in [0.15, 0.2) is 5.96 Å². The number of benzene rings is 1. The van der Waals surface area contributed by atoms with E-state index in [1.54, 1.807) is 0 Å². The van der Waals surface area contributed by atoms with Crippen molar-refractivity contribution in [2.24, 2.45) is 4.99 Å². The molecule has 29 heavy (non-hydrogen) atoms. The SMILES string of the molecule is CCNC(=NCc1ccc(C)cc1OC(C)(C)C)NCCc1c(C)noc1C.I. The summed E-state index contributed by atoms with van der Waals surface area (Å²) in [4.78, 5) is 4.74. The van der Waals surface area contributed by atoms with Gasteiger partial charge >= 0.3 is 0 Å². The first kappa shape index (κ1) is 25.3. The highest BCUT2D eigenvalue weighted by atomic mass is 127. The Morgan fingerprint density at radius 3 is 2.48 bits per heavy atom. The quantitative estimate of drug-likeness (QED) is 0.319. The molecule has 0 spiro atoms. The van der Waals surface area contributed by atoms with Crippen molar-refractivity contribution >= 4 is 29.9 Å². The predicted molar refractivity (Wildman–Crippen MR) is 129 cm³/mol. The van der Waals surface area contributed by atoms with Gasteiger partial charge in [0.1, 0.15) is 17.1 Å². The largest absolute Gasteiger partial charge is 0.488 e. The van der Waals surface area contributed by atoms with Crippen LogP contribution in [-0.2, 0) is 13.0 Å². The molecule has 1 aromatic carbocycles. The van der Waals surface area contributed by atoms with Crippen LogP contribution in [0.3, 0.4) is 0 Å². The lowest BCUT2D eigenvalue weighted by Crippen LogP contribution is -2.38. The van der Waals surface area contributed by atoms with Crippen molar-refractivity contribution in [3.05, 3.63) is 46.3 Å². The summed E-state index contributed by atoms with van der Waals surface area (Å²) >= 11 is 0. The third-order valence-electron chi connectivity index (χ3n) is 4.24. The maximum Gasteiger partial charge on any atom is 0.191 e. The summed E-state index contributed by atoms with van der Waals surface area (Å²) in [6.07, 6.45) is 0.842. The molecule has 0 saturated heterocycles. The van der Waals surface area contributed by atoms with Crippen molar-refractivity contribution in [1.82, 2.24) is 15.8 Å². The monoisotopic (exact) mass is 514 g/mol. The molecule has 0 aliphatic carbocycles. The molecule has 162 valence electrons. The van der Waals surface area contributed by atoms with E-state index in [0.717, 1.165) is 53.8 Å². The van der Waals surface area contributed by atoms with Crippen molar-refractivity contribution in [1.29, 1.82) is 0 Å². The summed E-state index contributed by atoms with van der Waals surface area (Å²) in [6.45, 7) is 16.3. The van der Waals surface area contributed by atoms with Crippen LogP contribution in [0, 0.1) is 20.8 Å². The number of nitrogens with one attached hydrogen (secondary N) is 2. The van der Waals surface area contributed by atoms with Crippen LogP contribution in [0.25, 0.3) is 0 Å². The molecule has 0 aliphatic rings. The van der Waals surface area contributed by atoms with E-state index < -0.39 is 0 Å². The summed E-state index contributed by atoms with van der Waals surface area (Å²) in [6, 6.07) is 6.26. The molecular formula is C22H35IN4O2. The molecule has 1 heterocycles. The van der Waals surface area contributed by atoms with Gasteiger partial charge in [-0.05, 0) is 66.5 Å². The Hall–Kier alpha value is -1.77. The number of guanidine groups is 1. The van der Waals surface area contributed by atoms with Crippen molar-refractivity contribution < 1.29 is 9.26 Å². The van der Waals surface area contributed by atoms with E-state index in [9.17, 15) is 0 Å². The lowest BCUT2D eigenvalue weighted by molar-refractivity contribution is 0.129. The molecule has 1 aromatic heterocycles. The lowest BCUT2D eigenvalue weighted by Gasteiger charge is -2.23. The molecule has 2 N–H and O–H groups in total. The predicted octanol–water partition coefficient (Wildman–Crippen LogP) is 4.69. The van der Waals surface area contributed by atoms with Crippen molar-refractivity contribution in [3.8, 4) is 5.75 Å². The summed E-state index contributed by atoms with van der Waals surface area (Å²) in [5, 5.41) is 10.7. The first-order valence-electron chi connectivity index (χ1n) is 9.92. The summed E-state index contributed by atoms with van der Waals surface area (Å²) in [5.41, 5.74) is 4.11. The van der Waals surface area contributed by atoms with Gasteiger partial charge in [0, 0.05) is 24.2 Å². The first-order chi connectivity index (χ1) is 13.2. The normalized spacial score (nSPS) is 11.8. The smallest absolute Gasteiger partial charge is 0.191 e. The van der Waals surface area contributed by atoms with Crippen LogP contribution in [0.2, 0.25) is 0 Å². The number of nitrogens with zero attached hydrogens (tertiary/aromatic N) is 2. The maximum absolute atomic E-state index is 6.13. The highest BCUT2D eigenvalue weighted by Crippen LogP contribution is 2.25. The van der Waals surface area contributed by atoms with Crippen LogP contribution < -0.4 is 15.4 Å². The average Bonchev–Trinajstić information content (AvgIpc) is 2.91. The molecule has 0 radical (unpaired) electrons. The molecule has 0 amide bonds. The minimum absolute atomic E-state index is 0. The van der Waals surface area contributed by atoms with Crippen molar-refractivity contribution in [3.63, 3.8) is 0 Å². The first-order valence-corrected chi connectivity index (χ1v) is 9.92. The Balaban J connectivity index is 0.00000420. The Bertz CT molecular complexity index is 790. The molecule has 0 atom stereocenters. The highest BCUT2D eigenvalue weighted by molar-refractivity contribution is 14.0. The lowest BCUT2D eigenvalue weighted by atomic mass is 10.1. The highest BCUT2D eigenvalue weighted by Gasteiger charge is 2.15. The van der Waals surface area contributed by atoms with Crippen LogP contribution >= 0.6 is 24.0 Å². The van der Waals surface area contributed by atoms with Gasteiger partial charge in [0.2, 0.25) is 0 Å². The molecule has 0 saturated carbocycles. The zero-order valence-electron chi connectivity index (χ0n) is 18.7.